The average Bonchev–Trinajstić information content (AvgIpc) is 2.97. The van der Waals surface area contributed by atoms with Crippen molar-refractivity contribution in [3.8, 4) is 5.75 Å². The highest BCUT2D eigenvalue weighted by molar-refractivity contribution is 7.91. The number of nitrogens with zero attached hydrogens (tertiary/aromatic N) is 1. The van der Waals surface area contributed by atoms with Crippen molar-refractivity contribution in [1.82, 2.24) is 9.62 Å². The lowest BCUT2D eigenvalue weighted by Gasteiger charge is -2.08. The SMILES string of the molecule is CN(C)S(=O)(=O)c1ccc(CNC(=O)c2ccc(O)c(Cl)c2)s1. The maximum Gasteiger partial charge on any atom is 0.252 e. The normalized spacial score (nSPS) is 11.7. The Hall–Kier alpha value is -1.61. The number of carbonyl (C=O) groups is 1. The zero-order valence-electron chi connectivity index (χ0n) is 12.4. The first-order valence-corrected chi connectivity index (χ1v) is 9.13. The molecule has 2 aromatic rings. The van der Waals surface area contributed by atoms with Crippen molar-refractivity contribution < 1.29 is 18.3 Å². The van der Waals surface area contributed by atoms with Crippen molar-refractivity contribution in [1.29, 1.82) is 0 Å². The first-order chi connectivity index (χ1) is 10.7. The van der Waals surface area contributed by atoms with Gasteiger partial charge in [-0.15, -0.1) is 11.3 Å². The van der Waals surface area contributed by atoms with Gasteiger partial charge in [-0.2, -0.15) is 0 Å². The molecule has 2 N–H and O–H groups in total. The average molecular weight is 375 g/mol. The van der Waals surface area contributed by atoms with Crippen LogP contribution in [0.5, 0.6) is 5.75 Å². The molecule has 0 aliphatic heterocycles. The highest BCUT2D eigenvalue weighted by atomic mass is 35.5. The van der Waals surface area contributed by atoms with Gasteiger partial charge in [-0.25, -0.2) is 12.7 Å². The molecule has 1 aromatic heterocycles. The fourth-order valence-corrected chi connectivity index (χ4v) is 4.33. The topological polar surface area (TPSA) is 86.7 Å². The number of amides is 1. The van der Waals surface area contributed by atoms with E-state index in [0.29, 0.717) is 10.4 Å². The van der Waals surface area contributed by atoms with Crippen LogP contribution in [0.4, 0.5) is 0 Å². The number of thiophene rings is 1. The molecule has 1 aromatic carbocycles. The molecular formula is C14H15ClN2O4S2. The maximum absolute atomic E-state index is 12.0. The summed E-state index contributed by atoms with van der Waals surface area (Å²) in [5.74, 6) is -0.461. The maximum atomic E-state index is 12.0. The molecule has 0 unspecified atom stereocenters. The minimum Gasteiger partial charge on any atom is -0.506 e. The number of halogens is 1. The van der Waals surface area contributed by atoms with E-state index in [0.717, 1.165) is 15.6 Å². The van der Waals surface area contributed by atoms with Crippen LogP contribution < -0.4 is 5.32 Å². The molecule has 6 nitrogen and oxygen atoms in total. The summed E-state index contributed by atoms with van der Waals surface area (Å²) >= 11 is 6.86. The van der Waals surface area contributed by atoms with Crippen LogP contribution in [-0.2, 0) is 16.6 Å². The lowest BCUT2D eigenvalue weighted by atomic mass is 10.2. The van der Waals surface area contributed by atoms with Crippen LogP contribution in [0.15, 0.2) is 34.5 Å². The minimum atomic E-state index is -3.46. The zero-order chi connectivity index (χ0) is 17.2. The second-order valence-corrected chi connectivity index (χ2v) is 8.81. The van der Waals surface area contributed by atoms with E-state index in [1.54, 1.807) is 6.07 Å². The summed E-state index contributed by atoms with van der Waals surface area (Å²) in [6.07, 6.45) is 0. The quantitative estimate of drug-likeness (QED) is 0.840. The summed E-state index contributed by atoms with van der Waals surface area (Å²) < 4.78 is 25.3. The van der Waals surface area contributed by atoms with Crippen LogP contribution in [0.3, 0.4) is 0 Å². The Balaban J connectivity index is 2.05. The molecule has 9 heteroatoms. The van der Waals surface area contributed by atoms with Gasteiger partial charge in [0.2, 0.25) is 0 Å². The molecule has 0 saturated heterocycles. The van der Waals surface area contributed by atoms with Gasteiger partial charge in [0.25, 0.3) is 15.9 Å². The van der Waals surface area contributed by atoms with Crippen LogP contribution in [0.2, 0.25) is 5.02 Å². The summed E-state index contributed by atoms with van der Waals surface area (Å²) in [6.45, 7) is 0.199. The van der Waals surface area contributed by atoms with E-state index in [9.17, 15) is 18.3 Å². The van der Waals surface area contributed by atoms with Gasteiger partial charge in [-0.3, -0.25) is 4.79 Å². The molecule has 1 amide bonds. The number of rotatable bonds is 5. The molecule has 2 rings (SSSR count). The van der Waals surface area contributed by atoms with Crippen LogP contribution in [0, 0.1) is 0 Å². The monoisotopic (exact) mass is 374 g/mol. The highest BCUT2D eigenvalue weighted by Crippen LogP contribution is 2.25. The zero-order valence-corrected chi connectivity index (χ0v) is 14.8. The van der Waals surface area contributed by atoms with Gasteiger partial charge in [0.05, 0.1) is 11.6 Å². The summed E-state index contributed by atoms with van der Waals surface area (Å²) in [4.78, 5) is 12.7. The number of benzene rings is 1. The van der Waals surface area contributed by atoms with Crippen molar-refractivity contribution in [3.05, 3.63) is 45.8 Å². The predicted molar refractivity (Wildman–Crippen MR) is 89.5 cm³/mol. The van der Waals surface area contributed by atoms with Crippen LogP contribution >= 0.6 is 22.9 Å². The van der Waals surface area contributed by atoms with Crippen molar-refractivity contribution in [2.24, 2.45) is 0 Å². The standard InChI is InChI=1S/C14H15ClN2O4S2/c1-17(2)23(20,21)13-6-4-10(22-13)8-16-14(19)9-3-5-12(18)11(15)7-9/h3-7,18H,8H2,1-2H3,(H,16,19). The third kappa shape index (κ3) is 4.03. The molecule has 1 heterocycles. The Kier molecular flexibility index (Phi) is 5.30. The Morgan fingerprint density at radius 3 is 2.61 bits per heavy atom. The smallest absolute Gasteiger partial charge is 0.252 e. The number of sulfonamides is 1. The number of phenolic OH excluding ortho intramolecular Hbond substituents is 1. The number of hydrogen-bond donors (Lipinski definition) is 2. The van der Waals surface area contributed by atoms with Crippen molar-refractivity contribution in [3.63, 3.8) is 0 Å². The van der Waals surface area contributed by atoms with Crippen LogP contribution in [0.1, 0.15) is 15.2 Å². The predicted octanol–water partition coefficient (Wildman–Crippen LogP) is 2.29. The number of hydrogen-bond acceptors (Lipinski definition) is 5. The van der Waals surface area contributed by atoms with Gasteiger partial charge >= 0.3 is 0 Å². The van der Waals surface area contributed by atoms with Crippen molar-refractivity contribution >= 4 is 38.9 Å². The van der Waals surface area contributed by atoms with Gasteiger partial charge in [0.1, 0.15) is 9.96 Å². The van der Waals surface area contributed by atoms with Crippen LogP contribution in [-0.4, -0.2) is 37.8 Å². The van der Waals surface area contributed by atoms with Crippen molar-refractivity contribution in [2.75, 3.05) is 14.1 Å². The fraction of sp³-hybridized carbons (Fsp3) is 0.214. The summed E-state index contributed by atoms with van der Waals surface area (Å²) in [5, 5.41) is 12.1. The summed E-state index contributed by atoms with van der Waals surface area (Å²) in [6, 6.07) is 7.32. The Morgan fingerprint density at radius 1 is 1.30 bits per heavy atom. The Bertz CT molecular complexity index is 831. The lowest BCUT2D eigenvalue weighted by molar-refractivity contribution is 0.0951. The molecule has 0 aliphatic rings. The van der Waals surface area contributed by atoms with Gasteiger partial charge in [0.15, 0.2) is 0 Å². The number of phenols is 1. The minimum absolute atomic E-state index is 0.0909. The van der Waals surface area contributed by atoms with E-state index >= 15 is 0 Å². The van der Waals surface area contributed by atoms with E-state index in [4.69, 9.17) is 11.6 Å². The van der Waals surface area contributed by atoms with Gasteiger partial charge < -0.3 is 10.4 Å². The molecule has 0 radical (unpaired) electrons. The van der Waals surface area contributed by atoms with E-state index in [1.165, 1.54) is 38.4 Å². The fourth-order valence-electron chi connectivity index (χ4n) is 1.69. The number of carbonyl (C=O) groups excluding carboxylic acids is 1. The molecule has 0 fully saturated rings. The first-order valence-electron chi connectivity index (χ1n) is 6.50. The van der Waals surface area contributed by atoms with Crippen molar-refractivity contribution in [2.45, 2.75) is 10.8 Å². The second kappa shape index (κ2) is 6.88. The Morgan fingerprint density at radius 2 is 2.00 bits per heavy atom. The molecule has 23 heavy (non-hydrogen) atoms. The Labute approximate surface area is 143 Å². The van der Waals surface area contributed by atoms with Gasteiger partial charge in [-0.1, -0.05) is 11.6 Å². The van der Waals surface area contributed by atoms with E-state index in [-0.39, 0.29) is 27.4 Å². The molecule has 0 atom stereocenters. The molecule has 0 spiro atoms. The number of aromatic hydroxyl groups is 1. The first kappa shape index (κ1) is 17.7. The third-order valence-electron chi connectivity index (χ3n) is 3.00. The largest absolute Gasteiger partial charge is 0.506 e. The molecule has 0 aliphatic carbocycles. The lowest BCUT2D eigenvalue weighted by Crippen LogP contribution is -2.22. The molecular weight excluding hydrogens is 360 g/mol. The summed E-state index contributed by atoms with van der Waals surface area (Å²) in [7, 11) is -0.537. The van der Waals surface area contributed by atoms with Gasteiger partial charge in [-0.05, 0) is 30.3 Å². The second-order valence-electron chi connectivity index (χ2n) is 4.86. The molecule has 0 bridgehead atoms. The molecule has 0 saturated carbocycles. The van der Waals surface area contributed by atoms with E-state index in [1.807, 2.05) is 0 Å². The van der Waals surface area contributed by atoms with Crippen LogP contribution in [0.25, 0.3) is 0 Å². The summed E-state index contributed by atoms with van der Waals surface area (Å²) in [5.41, 5.74) is 0.311. The number of nitrogens with one attached hydrogen (secondary N) is 1. The van der Waals surface area contributed by atoms with Gasteiger partial charge in [0, 0.05) is 24.5 Å². The van der Waals surface area contributed by atoms with E-state index < -0.39 is 10.0 Å². The van der Waals surface area contributed by atoms with E-state index in [2.05, 4.69) is 5.32 Å². The third-order valence-corrected chi connectivity index (χ3v) is 6.68. The highest BCUT2D eigenvalue weighted by Gasteiger charge is 2.19. The molecule has 124 valence electrons.